The van der Waals surface area contributed by atoms with E-state index in [1.807, 2.05) is 18.5 Å². The van der Waals surface area contributed by atoms with Gasteiger partial charge in [-0.3, -0.25) is 0 Å². The van der Waals surface area contributed by atoms with Crippen LogP contribution >= 0.6 is 0 Å². The van der Waals surface area contributed by atoms with Gasteiger partial charge in [0, 0.05) is 37.3 Å². The number of hydrogen-bond donors (Lipinski definition) is 2. The lowest BCUT2D eigenvalue weighted by atomic mass is 10.0. The molecule has 3 rings (SSSR count). The summed E-state index contributed by atoms with van der Waals surface area (Å²) in [6.07, 6.45) is 8.31. The van der Waals surface area contributed by atoms with E-state index in [-0.39, 0.29) is 11.7 Å². The second-order valence-corrected chi connectivity index (χ2v) is 6.92. The van der Waals surface area contributed by atoms with Crippen LogP contribution in [0.4, 0.5) is 0 Å². The van der Waals surface area contributed by atoms with Crippen molar-refractivity contribution in [2.45, 2.75) is 32.0 Å². The maximum absolute atomic E-state index is 11.1. The van der Waals surface area contributed by atoms with E-state index >= 15 is 0 Å². The average Bonchev–Trinajstić information content (AvgIpc) is 2.67. The first-order chi connectivity index (χ1) is 13.0. The first kappa shape index (κ1) is 19.3. The van der Waals surface area contributed by atoms with E-state index in [0.717, 1.165) is 31.4 Å². The Morgan fingerprint density at radius 3 is 2.78 bits per heavy atom. The minimum atomic E-state index is -1.51. The zero-order valence-corrected chi connectivity index (χ0v) is 15.3. The highest BCUT2D eigenvalue weighted by atomic mass is 16.7. The van der Waals surface area contributed by atoms with Crippen molar-refractivity contribution < 1.29 is 29.2 Å². The number of nitrogens with zero attached hydrogens (tertiary/aromatic N) is 1. The molecule has 2 aliphatic heterocycles. The van der Waals surface area contributed by atoms with Crippen molar-refractivity contribution in [3.05, 3.63) is 48.5 Å². The molecule has 0 bridgehead atoms. The zero-order chi connectivity index (χ0) is 19.3. The Labute approximate surface area is 158 Å². The number of carbonyl (C=O) groups is 1. The predicted molar refractivity (Wildman–Crippen MR) is 98.3 cm³/mol. The molecular formula is C20H25NO6. The topological polar surface area (TPSA) is 88.5 Å². The highest BCUT2D eigenvalue weighted by molar-refractivity contribution is 5.75. The van der Waals surface area contributed by atoms with E-state index in [1.54, 1.807) is 24.5 Å². The second kappa shape index (κ2) is 8.45. The fourth-order valence-corrected chi connectivity index (χ4v) is 3.01. The van der Waals surface area contributed by atoms with E-state index in [9.17, 15) is 9.90 Å². The van der Waals surface area contributed by atoms with Crippen LogP contribution in [0.25, 0.3) is 5.76 Å². The SMILES string of the molecule is CC1(C(=O)O)OCC(CCCCN2C=COC(c3cccc(O)c3)=C2)CO1. The van der Waals surface area contributed by atoms with Gasteiger partial charge in [0.1, 0.15) is 17.8 Å². The average molecular weight is 375 g/mol. The molecule has 146 valence electrons. The standard InChI is InChI=1S/C20H25NO6/c1-20(19(23)24)26-13-15(14-27-20)5-2-3-8-21-9-10-25-18(12-21)16-6-4-7-17(22)11-16/h4,6-7,9-12,15,22H,2-3,5,8,13-14H2,1H3,(H,23,24). The van der Waals surface area contributed by atoms with Crippen LogP contribution in [0.1, 0.15) is 31.7 Å². The number of aliphatic carboxylic acids is 1. The summed E-state index contributed by atoms with van der Waals surface area (Å²) in [5.41, 5.74) is 0.822. The minimum absolute atomic E-state index is 0.203. The first-order valence-corrected chi connectivity index (χ1v) is 9.08. The maximum atomic E-state index is 11.1. The quantitative estimate of drug-likeness (QED) is 0.708. The van der Waals surface area contributed by atoms with Gasteiger partial charge < -0.3 is 29.3 Å². The number of hydrogen-bond acceptors (Lipinski definition) is 6. The summed E-state index contributed by atoms with van der Waals surface area (Å²) in [5.74, 6) is -1.49. The number of aromatic hydroxyl groups is 1. The van der Waals surface area contributed by atoms with Crippen molar-refractivity contribution >= 4 is 11.7 Å². The van der Waals surface area contributed by atoms with Crippen LogP contribution in [0.15, 0.2) is 42.9 Å². The van der Waals surface area contributed by atoms with Gasteiger partial charge in [0.2, 0.25) is 0 Å². The Balaban J connectivity index is 1.41. The smallest absolute Gasteiger partial charge is 0.364 e. The second-order valence-electron chi connectivity index (χ2n) is 6.92. The Hall–Kier alpha value is -2.51. The van der Waals surface area contributed by atoms with Gasteiger partial charge in [0.25, 0.3) is 5.79 Å². The Morgan fingerprint density at radius 1 is 1.30 bits per heavy atom. The van der Waals surface area contributed by atoms with Crippen LogP contribution in [0.3, 0.4) is 0 Å². The number of benzene rings is 1. The third kappa shape index (κ3) is 5.02. The number of carboxylic acids is 1. The molecule has 7 nitrogen and oxygen atoms in total. The van der Waals surface area contributed by atoms with Crippen molar-refractivity contribution in [3.63, 3.8) is 0 Å². The van der Waals surface area contributed by atoms with Crippen LogP contribution in [-0.2, 0) is 19.0 Å². The highest BCUT2D eigenvalue weighted by Crippen LogP contribution is 2.26. The van der Waals surface area contributed by atoms with Crippen LogP contribution in [0.5, 0.6) is 5.75 Å². The van der Waals surface area contributed by atoms with Crippen molar-refractivity contribution in [2.24, 2.45) is 5.92 Å². The summed E-state index contributed by atoms with van der Waals surface area (Å²) in [5, 5.41) is 18.7. The normalized spacial score (nSPS) is 25.0. The number of carboxylic acid groups (broad SMARTS) is 1. The van der Waals surface area contributed by atoms with Crippen LogP contribution in [-0.4, -0.2) is 46.6 Å². The molecule has 7 heteroatoms. The van der Waals surface area contributed by atoms with Gasteiger partial charge in [-0.15, -0.1) is 0 Å². The third-order valence-corrected chi connectivity index (χ3v) is 4.72. The predicted octanol–water partition coefficient (Wildman–Crippen LogP) is 3.13. The lowest BCUT2D eigenvalue weighted by molar-refractivity contribution is -0.271. The summed E-state index contributed by atoms with van der Waals surface area (Å²) in [6, 6.07) is 6.95. The number of unbranched alkanes of at least 4 members (excludes halogenated alkanes) is 1. The molecule has 2 N–H and O–H groups in total. The number of ether oxygens (including phenoxy) is 3. The van der Waals surface area contributed by atoms with E-state index in [2.05, 4.69) is 4.90 Å². The molecule has 0 radical (unpaired) electrons. The van der Waals surface area contributed by atoms with Crippen LogP contribution < -0.4 is 0 Å². The lowest BCUT2D eigenvalue weighted by Gasteiger charge is -2.34. The van der Waals surface area contributed by atoms with Gasteiger partial charge in [0.05, 0.1) is 13.2 Å². The molecule has 1 aromatic rings. The van der Waals surface area contributed by atoms with E-state index in [0.29, 0.717) is 19.0 Å². The van der Waals surface area contributed by atoms with Gasteiger partial charge in [-0.2, -0.15) is 0 Å². The largest absolute Gasteiger partial charge is 0.508 e. The monoisotopic (exact) mass is 375 g/mol. The molecule has 0 unspecified atom stereocenters. The maximum Gasteiger partial charge on any atom is 0.364 e. The van der Waals surface area contributed by atoms with E-state index in [1.165, 1.54) is 6.92 Å². The fraction of sp³-hybridized carbons (Fsp3) is 0.450. The van der Waals surface area contributed by atoms with E-state index < -0.39 is 11.8 Å². The van der Waals surface area contributed by atoms with Crippen LogP contribution in [0.2, 0.25) is 0 Å². The van der Waals surface area contributed by atoms with Gasteiger partial charge in [-0.25, -0.2) is 4.79 Å². The van der Waals surface area contributed by atoms with Gasteiger partial charge in [-0.05, 0) is 25.0 Å². The summed E-state index contributed by atoms with van der Waals surface area (Å²) in [4.78, 5) is 13.1. The van der Waals surface area contributed by atoms with Gasteiger partial charge >= 0.3 is 5.97 Å². The van der Waals surface area contributed by atoms with Gasteiger partial charge in [0.15, 0.2) is 0 Å². The molecule has 0 amide bonds. The number of rotatable bonds is 7. The Morgan fingerprint density at radius 2 is 2.07 bits per heavy atom. The van der Waals surface area contributed by atoms with Crippen molar-refractivity contribution in [2.75, 3.05) is 19.8 Å². The van der Waals surface area contributed by atoms with Gasteiger partial charge in [-0.1, -0.05) is 18.6 Å². The number of phenols is 1. The Kier molecular flexibility index (Phi) is 6.03. The molecule has 0 spiro atoms. The highest BCUT2D eigenvalue weighted by Gasteiger charge is 2.40. The summed E-state index contributed by atoms with van der Waals surface area (Å²) < 4.78 is 16.3. The molecule has 0 aromatic heterocycles. The molecule has 0 saturated carbocycles. The molecule has 27 heavy (non-hydrogen) atoms. The molecule has 2 aliphatic rings. The summed E-state index contributed by atoms with van der Waals surface area (Å²) in [7, 11) is 0. The van der Waals surface area contributed by atoms with Crippen molar-refractivity contribution in [1.82, 2.24) is 4.90 Å². The summed E-state index contributed by atoms with van der Waals surface area (Å²) >= 11 is 0. The molecule has 0 atom stereocenters. The van der Waals surface area contributed by atoms with Crippen molar-refractivity contribution in [3.8, 4) is 5.75 Å². The minimum Gasteiger partial charge on any atom is -0.508 e. The lowest BCUT2D eigenvalue weighted by Crippen LogP contribution is -2.47. The molecule has 1 fully saturated rings. The zero-order valence-electron chi connectivity index (χ0n) is 15.3. The molecule has 1 aromatic carbocycles. The fourth-order valence-electron chi connectivity index (χ4n) is 3.01. The Bertz CT molecular complexity index is 721. The van der Waals surface area contributed by atoms with Crippen molar-refractivity contribution in [1.29, 1.82) is 0 Å². The third-order valence-electron chi connectivity index (χ3n) is 4.72. The van der Waals surface area contributed by atoms with Crippen LogP contribution in [0, 0.1) is 5.92 Å². The number of phenolic OH excluding ortho intramolecular Hbond substituents is 1. The molecular weight excluding hydrogens is 350 g/mol. The summed E-state index contributed by atoms with van der Waals surface area (Å²) in [6.45, 7) is 3.08. The van der Waals surface area contributed by atoms with E-state index in [4.69, 9.17) is 19.3 Å². The molecule has 2 heterocycles. The first-order valence-electron chi connectivity index (χ1n) is 9.08. The molecule has 1 saturated heterocycles. The molecule has 0 aliphatic carbocycles.